The molecule has 0 fully saturated rings. The molecule has 1 aliphatic carbocycles. The normalized spacial score (nSPS) is 13.9. The van der Waals surface area contributed by atoms with Crippen LogP contribution in [0.2, 0.25) is 0 Å². The van der Waals surface area contributed by atoms with Gasteiger partial charge in [-0.1, -0.05) is 0 Å². The first-order valence-corrected chi connectivity index (χ1v) is 6.79. The van der Waals surface area contributed by atoms with Gasteiger partial charge in [0.05, 0.1) is 24.6 Å². The maximum absolute atomic E-state index is 11.8. The molecule has 0 aliphatic heterocycles. The van der Waals surface area contributed by atoms with Crippen LogP contribution in [0.15, 0.2) is 23.5 Å². The van der Waals surface area contributed by atoms with Gasteiger partial charge in [0.25, 0.3) is 0 Å². The van der Waals surface area contributed by atoms with Gasteiger partial charge in [-0.2, -0.15) is 0 Å². The first-order valence-electron chi connectivity index (χ1n) is 6.79. The van der Waals surface area contributed by atoms with Gasteiger partial charge < -0.3 is 20.1 Å². The minimum Gasteiger partial charge on any atom is -0.465 e. The average molecular weight is 310 g/mol. The van der Waals surface area contributed by atoms with Crippen LogP contribution >= 0.6 is 0 Å². The molecule has 2 N–H and O–H groups in total. The Bertz CT molecular complexity index is 487. The Morgan fingerprint density at radius 2 is 1.23 bits per heavy atom. The van der Waals surface area contributed by atoms with Crippen molar-refractivity contribution in [1.82, 2.24) is 10.6 Å². The molecule has 1 aliphatic rings. The van der Waals surface area contributed by atoms with E-state index < -0.39 is 23.5 Å². The number of ether oxygens (including phenoxy) is 2. The van der Waals surface area contributed by atoms with E-state index in [0.717, 1.165) is 12.2 Å². The Morgan fingerprint density at radius 3 is 1.55 bits per heavy atom. The Balaban J connectivity index is 2.55. The molecule has 0 spiro atoms. The standard InChI is InChI=1S/C14H18N2O6/c1-3-21-13(19)7-15-9-5-12(18)10(6-11(9)17)16-8-14(20)22-4-2/h5-6,15-16H,3-4,7-8H2,1-2H3. The van der Waals surface area contributed by atoms with Crippen LogP contribution in [-0.2, 0) is 28.7 Å². The molecule has 0 atom stereocenters. The second-order valence-electron chi connectivity index (χ2n) is 4.16. The lowest BCUT2D eigenvalue weighted by molar-refractivity contribution is -0.142. The molecule has 0 bridgehead atoms. The van der Waals surface area contributed by atoms with Gasteiger partial charge in [-0.05, 0) is 13.8 Å². The van der Waals surface area contributed by atoms with E-state index in [-0.39, 0.29) is 37.7 Å². The Labute approximate surface area is 127 Å². The summed E-state index contributed by atoms with van der Waals surface area (Å²) in [7, 11) is 0. The summed E-state index contributed by atoms with van der Waals surface area (Å²) >= 11 is 0. The number of hydrogen-bond donors (Lipinski definition) is 2. The molecule has 0 heterocycles. The van der Waals surface area contributed by atoms with Crippen molar-refractivity contribution in [1.29, 1.82) is 0 Å². The molecule has 0 aromatic heterocycles. The molecule has 0 radical (unpaired) electrons. The van der Waals surface area contributed by atoms with Gasteiger partial charge in [0.15, 0.2) is 0 Å². The van der Waals surface area contributed by atoms with Crippen molar-refractivity contribution in [2.45, 2.75) is 13.8 Å². The predicted octanol–water partition coefficient (Wildman–Crippen LogP) is -0.789. The van der Waals surface area contributed by atoms with E-state index in [1.165, 1.54) is 0 Å². The maximum Gasteiger partial charge on any atom is 0.325 e. The Hall–Kier alpha value is -2.64. The van der Waals surface area contributed by atoms with Gasteiger partial charge in [-0.3, -0.25) is 19.2 Å². The molecule has 0 aromatic carbocycles. The van der Waals surface area contributed by atoms with Crippen LogP contribution in [0.4, 0.5) is 0 Å². The minimum atomic E-state index is -0.529. The van der Waals surface area contributed by atoms with E-state index >= 15 is 0 Å². The fourth-order valence-electron chi connectivity index (χ4n) is 1.60. The van der Waals surface area contributed by atoms with Crippen LogP contribution in [0, 0.1) is 0 Å². The molecule has 0 saturated carbocycles. The maximum atomic E-state index is 11.8. The summed E-state index contributed by atoms with van der Waals surface area (Å²) in [4.78, 5) is 46.0. The number of rotatable bonds is 8. The summed E-state index contributed by atoms with van der Waals surface area (Å²) in [6, 6.07) is 0. The quantitative estimate of drug-likeness (QED) is 0.443. The second kappa shape index (κ2) is 8.60. The highest BCUT2D eigenvalue weighted by molar-refractivity contribution is 6.19. The van der Waals surface area contributed by atoms with Crippen molar-refractivity contribution in [2.75, 3.05) is 26.3 Å². The van der Waals surface area contributed by atoms with Crippen LogP contribution < -0.4 is 10.6 Å². The summed E-state index contributed by atoms with van der Waals surface area (Å²) < 4.78 is 9.40. The van der Waals surface area contributed by atoms with E-state index in [1.54, 1.807) is 13.8 Å². The topological polar surface area (TPSA) is 111 Å². The minimum absolute atomic E-state index is 0.000243. The Morgan fingerprint density at radius 1 is 0.864 bits per heavy atom. The predicted molar refractivity (Wildman–Crippen MR) is 75.5 cm³/mol. The van der Waals surface area contributed by atoms with Gasteiger partial charge in [0, 0.05) is 12.2 Å². The molecule has 0 saturated heterocycles. The third-order valence-corrected chi connectivity index (χ3v) is 2.54. The fourth-order valence-corrected chi connectivity index (χ4v) is 1.60. The van der Waals surface area contributed by atoms with Crippen molar-refractivity contribution >= 4 is 23.5 Å². The van der Waals surface area contributed by atoms with E-state index in [2.05, 4.69) is 10.6 Å². The van der Waals surface area contributed by atoms with Crippen LogP contribution in [0.1, 0.15) is 13.8 Å². The molecule has 8 heteroatoms. The zero-order valence-electron chi connectivity index (χ0n) is 12.4. The molecule has 0 amide bonds. The molecule has 1 rings (SSSR count). The number of allylic oxidation sites excluding steroid dienone is 2. The van der Waals surface area contributed by atoms with Gasteiger partial charge >= 0.3 is 11.9 Å². The Kier molecular flexibility index (Phi) is 6.81. The molecule has 120 valence electrons. The van der Waals surface area contributed by atoms with Crippen molar-refractivity contribution in [2.24, 2.45) is 0 Å². The van der Waals surface area contributed by atoms with Crippen LogP contribution in [0.25, 0.3) is 0 Å². The molecule has 22 heavy (non-hydrogen) atoms. The molecular formula is C14H18N2O6. The summed E-state index contributed by atoms with van der Waals surface area (Å²) in [5, 5.41) is 5.09. The SMILES string of the molecule is CCOC(=O)CNC1=CC(=O)C(NCC(=O)OCC)=CC1=O. The highest BCUT2D eigenvalue weighted by Gasteiger charge is 2.21. The summed E-state index contributed by atoms with van der Waals surface area (Å²) in [6.45, 7) is 3.37. The van der Waals surface area contributed by atoms with Crippen molar-refractivity contribution in [3.8, 4) is 0 Å². The van der Waals surface area contributed by atoms with Gasteiger partial charge in [-0.15, -0.1) is 0 Å². The van der Waals surface area contributed by atoms with E-state index in [9.17, 15) is 19.2 Å². The first kappa shape index (κ1) is 17.4. The lowest BCUT2D eigenvalue weighted by Crippen LogP contribution is -2.34. The van der Waals surface area contributed by atoms with E-state index in [1.807, 2.05) is 0 Å². The van der Waals surface area contributed by atoms with Crippen LogP contribution in [0.5, 0.6) is 0 Å². The summed E-state index contributed by atoms with van der Waals surface area (Å²) in [6.07, 6.45) is 2.13. The van der Waals surface area contributed by atoms with Gasteiger partial charge in [-0.25, -0.2) is 0 Å². The van der Waals surface area contributed by atoms with E-state index in [0.29, 0.717) is 0 Å². The highest BCUT2D eigenvalue weighted by atomic mass is 16.5. The van der Waals surface area contributed by atoms with Crippen LogP contribution in [-0.4, -0.2) is 49.8 Å². The molecule has 8 nitrogen and oxygen atoms in total. The zero-order valence-corrected chi connectivity index (χ0v) is 12.4. The number of nitrogens with one attached hydrogen (secondary N) is 2. The fraction of sp³-hybridized carbons (Fsp3) is 0.429. The number of ketones is 2. The van der Waals surface area contributed by atoms with E-state index in [4.69, 9.17) is 9.47 Å². The third-order valence-electron chi connectivity index (χ3n) is 2.54. The van der Waals surface area contributed by atoms with Gasteiger partial charge in [0.2, 0.25) is 11.6 Å². The van der Waals surface area contributed by atoms with Crippen molar-refractivity contribution in [3.05, 3.63) is 23.5 Å². The van der Waals surface area contributed by atoms with Crippen LogP contribution in [0.3, 0.4) is 0 Å². The summed E-state index contributed by atoms with van der Waals surface area (Å²) in [5.41, 5.74) is -0.000486. The van der Waals surface area contributed by atoms with Crippen molar-refractivity contribution < 1.29 is 28.7 Å². The van der Waals surface area contributed by atoms with Crippen molar-refractivity contribution in [3.63, 3.8) is 0 Å². The summed E-state index contributed by atoms with van der Waals surface area (Å²) in [5.74, 6) is -2.01. The number of carbonyl (C=O) groups excluding carboxylic acids is 4. The largest absolute Gasteiger partial charge is 0.465 e. The average Bonchev–Trinajstić information content (AvgIpc) is 2.47. The number of carbonyl (C=O) groups is 4. The lowest BCUT2D eigenvalue weighted by atomic mass is 10.1. The zero-order chi connectivity index (χ0) is 16.5. The monoisotopic (exact) mass is 310 g/mol. The lowest BCUT2D eigenvalue weighted by Gasteiger charge is -2.14. The molecular weight excluding hydrogens is 292 g/mol. The number of esters is 2. The first-order chi connectivity index (χ1) is 10.5. The molecule has 0 unspecified atom stereocenters. The number of hydrogen-bond acceptors (Lipinski definition) is 8. The highest BCUT2D eigenvalue weighted by Crippen LogP contribution is 2.07. The second-order valence-corrected chi connectivity index (χ2v) is 4.16. The van der Waals surface area contributed by atoms with Gasteiger partial charge in [0.1, 0.15) is 13.1 Å². The smallest absolute Gasteiger partial charge is 0.325 e. The molecule has 0 aromatic rings. The third kappa shape index (κ3) is 5.39.